The van der Waals surface area contributed by atoms with Gasteiger partial charge in [-0.1, -0.05) is 43.0 Å². The number of pyridine rings is 1. The number of aliphatic hydroxyl groups is 1. The van der Waals surface area contributed by atoms with Gasteiger partial charge in [-0.25, -0.2) is 4.98 Å². The molecule has 0 spiro atoms. The van der Waals surface area contributed by atoms with Gasteiger partial charge in [0.25, 0.3) is 0 Å². The number of nitrogens with zero attached hydrogens (tertiary/aromatic N) is 1. The van der Waals surface area contributed by atoms with Crippen molar-refractivity contribution in [2.75, 3.05) is 12.2 Å². The van der Waals surface area contributed by atoms with Gasteiger partial charge < -0.3 is 14.7 Å². The molecule has 28 heavy (non-hydrogen) atoms. The number of esters is 1. The van der Waals surface area contributed by atoms with E-state index in [1.165, 1.54) is 18.4 Å². The minimum atomic E-state index is -3.10. The minimum Gasteiger partial charge on any atom is -0.457 e. The van der Waals surface area contributed by atoms with E-state index in [1.54, 1.807) is 6.20 Å². The zero-order valence-corrected chi connectivity index (χ0v) is 17.8. The van der Waals surface area contributed by atoms with Crippen LogP contribution in [0.3, 0.4) is 0 Å². The molecule has 0 aliphatic rings. The molecule has 0 saturated carbocycles. The maximum atomic E-state index is 12.3. The lowest BCUT2D eigenvalue weighted by molar-refractivity contribution is -0.149. The predicted octanol–water partition coefficient (Wildman–Crippen LogP) is 4.15. The van der Waals surface area contributed by atoms with Crippen LogP contribution < -0.4 is 0 Å². The summed E-state index contributed by atoms with van der Waals surface area (Å²) in [5, 5.41) is 9.79. The largest absolute Gasteiger partial charge is 0.457 e. The molecular formula is C20H26NO5PS. The Hall–Kier alpha value is -1.66. The number of hydrogen-bond acceptors (Lipinski definition) is 6. The van der Waals surface area contributed by atoms with Gasteiger partial charge in [0.2, 0.25) is 7.37 Å². The maximum Gasteiger partial charge on any atom is 0.306 e. The monoisotopic (exact) mass is 423 g/mol. The lowest BCUT2D eigenvalue weighted by Crippen LogP contribution is -2.11. The van der Waals surface area contributed by atoms with E-state index in [9.17, 15) is 14.3 Å². The number of carbonyl (C=O) groups excluding carboxylic acids is 1. The lowest BCUT2D eigenvalue weighted by Gasteiger charge is -2.17. The first-order chi connectivity index (χ1) is 13.3. The summed E-state index contributed by atoms with van der Waals surface area (Å²) in [5.41, 5.74) is 2.76. The molecule has 0 amide bonds. The van der Waals surface area contributed by atoms with Crippen molar-refractivity contribution in [3.8, 4) is 0 Å². The van der Waals surface area contributed by atoms with Crippen molar-refractivity contribution in [3.05, 3.63) is 59.3 Å². The highest BCUT2D eigenvalue weighted by molar-refractivity contribution is 8.04. The molecule has 0 radical (unpaired) electrons. The Balaban J connectivity index is 1.89. The second kappa shape index (κ2) is 10.8. The minimum absolute atomic E-state index is 0.0167. The van der Waals surface area contributed by atoms with Crippen molar-refractivity contribution < 1.29 is 24.1 Å². The molecule has 0 saturated heterocycles. The molecule has 1 aromatic heterocycles. The summed E-state index contributed by atoms with van der Waals surface area (Å²) in [6, 6.07) is 11.0. The number of ether oxygens (including phenoxy) is 1. The molecule has 1 heterocycles. The zero-order valence-electron chi connectivity index (χ0n) is 16.1. The van der Waals surface area contributed by atoms with Crippen LogP contribution in [-0.2, 0) is 27.1 Å². The van der Waals surface area contributed by atoms with E-state index in [1.807, 2.05) is 43.3 Å². The predicted molar refractivity (Wildman–Crippen MR) is 111 cm³/mol. The van der Waals surface area contributed by atoms with E-state index in [2.05, 4.69) is 4.98 Å². The smallest absolute Gasteiger partial charge is 0.306 e. The van der Waals surface area contributed by atoms with Crippen LogP contribution in [0, 0.1) is 0 Å². The lowest BCUT2D eigenvalue weighted by atomic mass is 10.1. The van der Waals surface area contributed by atoms with E-state index in [4.69, 9.17) is 9.84 Å². The normalized spacial score (nSPS) is 14.3. The number of aliphatic hydroxyl groups excluding tert-OH is 1. The highest BCUT2D eigenvalue weighted by atomic mass is 32.2. The number of thioether (sulfide) groups is 1. The Morgan fingerprint density at radius 3 is 2.57 bits per heavy atom. The van der Waals surface area contributed by atoms with Crippen molar-refractivity contribution in [2.24, 2.45) is 0 Å². The van der Waals surface area contributed by atoms with E-state index in [0.717, 1.165) is 16.7 Å². The van der Waals surface area contributed by atoms with Crippen LogP contribution >= 0.6 is 19.1 Å². The molecule has 8 heteroatoms. The van der Waals surface area contributed by atoms with Crippen LogP contribution in [0.25, 0.3) is 0 Å². The van der Waals surface area contributed by atoms with E-state index in [-0.39, 0.29) is 30.6 Å². The maximum absolute atomic E-state index is 12.3. The molecule has 2 aromatic rings. The van der Waals surface area contributed by atoms with Crippen molar-refractivity contribution in [2.45, 2.75) is 43.9 Å². The third-order valence-corrected chi connectivity index (χ3v) is 7.00. The first-order valence-corrected chi connectivity index (χ1v) is 12.3. The second-order valence-corrected chi connectivity index (χ2v) is 10.5. The molecule has 1 unspecified atom stereocenters. The fourth-order valence-electron chi connectivity index (χ4n) is 2.56. The summed E-state index contributed by atoms with van der Waals surface area (Å²) in [7, 11) is -3.10. The van der Waals surface area contributed by atoms with Crippen molar-refractivity contribution in [1.29, 1.82) is 0 Å². The highest BCUT2D eigenvalue weighted by Gasteiger charge is 2.15. The first-order valence-electron chi connectivity index (χ1n) is 9.07. The molecule has 2 rings (SSSR count). The van der Waals surface area contributed by atoms with Crippen LogP contribution in [0.2, 0.25) is 0 Å². The number of aromatic nitrogens is 1. The van der Waals surface area contributed by atoms with Crippen molar-refractivity contribution in [3.63, 3.8) is 0 Å². The zero-order chi connectivity index (χ0) is 20.6. The summed E-state index contributed by atoms with van der Waals surface area (Å²) in [5.74, 6) is -0.280. The average Bonchev–Trinajstić information content (AvgIpc) is 2.69. The van der Waals surface area contributed by atoms with E-state index >= 15 is 0 Å². The summed E-state index contributed by atoms with van der Waals surface area (Å²) < 4.78 is 17.0. The first kappa shape index (κ1) is 22.6. The summed E-state index contributed by atoms with van der Waals surface area (Å²) in [6.45, 7) is 3.26. The van der Waals surface area contributed by atoms with Gasteiger partial charge in [-0.2, -0.15) is 0 Å². The Bertz CT molecular complexity index is 822. The van der Waals surface area contributed by atoms with Crippen LogP contribution in [0.15, 0.2) is 47.6 Å². The standard InChI is InChI=1S/C20H26NO5PS/c1-3-18(17-7-4-16(13-22)5-8-17)26-20(23)9-6-15-10-11-21-19(12-15)28-14-27(2,24)25/h4-5,7-8,10-12,18,22H,3,6,9,13-14H2,1-2H3,(H,24,25)/t18-/m0/s1. The second-order valence-electron chi connectivity index (χ2n) is 6.61. The fraction of sp³-hybridized carbons (Fsp3) is 0.400. The molecule has 2 atom stereocenters. The van der Waals surface area contributed by atoms with Crippen molar-refractivity contribution >= 4 is 25.1 Å². The molecule has 6 nitrogen and oxygen atoms in total. The van der Waals surface area contributed by atoms with Gasteiger partial charge in [0, 0.05) is 19.3 Å². The third-order valence-electron chi connectivity index (χ3n) is 4.05. The topological polar surface area (TPSA) is 96.7 Å². The van der Waals surface area contributed by atoms with Crippen LogP contribution in [0.4, 0.5) is 0 Å². The Morgan fingerprint density at radius 1 is 1.25 bits per heavy atom. The van der Waals surface area contributed by atoms with Gasteiger partial charge in [0.15, 0.2) is 0 Å². The Morgan fingerprint density at radius 2 is 1.96 bits per heavy atom. The number of rotatable bonds is 10. The number of aryl methyl sites for hydroxylation is 1. The average molecular weight is 423 g/mol. The number of benzene rings is 1. The molecule has 0 aliphatic carbocycles. The van der Waals surface area contributed by atoms with Gasteiger partial charge in [-0.15, -0.1) is 0 Å². The van der Waals surface area contributed by atoms with Crippen molar-refractivity contribution in [1.82, 2.24) is 4.98 Å². The molecule has 0 fully saturated rings. The van der Waals surface area contributed by atoms with E-state index < -0.39 is 7.37 Å². The Kier molecular flexibility index (Phi) is 8.70. The summed E-state index contributed by atoms with van der Waals surface area (Å²) in [4.78, 5) is 25.8. The highest BCUT2D eigenvalue weighted by Crippen LogP contribution is 2.41. The molecule has 2 N–H and O–H groups in total. The van der Waals surface area contributed by atoms with E-state index in [0.29, 0.717) is 17.9 Å². The number of hydrogen-bond donors (Lipinski definition) is 2. The molecular weight excluding hydrogens is 397 g/mol. The molecule has 0 bridgehead atoms. The Labute approximate surface area is 169 Å². The van der Waals surface area contributed by atoms with Crippen LogP contribution in [0.5, 0.6) is 0 Å². The summed E-state index contributed by atoms with van der Waals surface area (Å²) >= 11 is 1.23. The van der Waals surface area contributed by atoms with Gasteiger partial charge in [-0.3, -0.25) is 9.36 Å². The molecule has 1 aromatic carbocycles. The quantitative estimate of drug-likeness (QED) is 0.337. The fourth-order valence-corrected chi connectivity index (χ4v) is 4.42. The van der Waals surface area contributed by atoms with Gasteiger partial charge in [-0.05, 0) is 41.7 Å². The summed E-state index contributed by atoms with van der Waals surface area (Å²) in [6.07, 6.45) is 2.74. The molecule has 152 valence electrons. The van der Waals surface area contributed by atoms with Crippen LogP contribution in [0.1, 0.15) is 42.6 Å². The van der Waals surface area contributed by atoms with Gasteiger partial charge in [0.1, 0.15) is 6.10 Å². The molecule has 0 aliphatic heterocycles. The van der Waals surface area contributed by atoms with Crippen LogP contribution in [-0.4, -0.2) is 33.1 Å². The number of carbonyl (C=O) groups is 1. The van der Waals surface area contributed by atoms with Gasteiger partial charge >= 0.3 is 5.97 Å². The van der Waals surface area contributed by atoms with Gasteiger partial charge in [0.05, 0.1) is 17.1 Å². The third kappa shape index (κ3) is 7.76. The SMILES string of the molecule is CC[C@H](OC(=O)CCc1ccnc(SCP(C)(=O)O)c1)c1ccc(CO)cc1.